The van der Waals surface area contributed by atoms with Crippen LogP contribution in [0.3, 0.4) is 0 Å². The van der Waals surface area contributed by atoms with Crippen LogP contribution in [0.1, 0.15) is 18.4 Å². The minimum absolute atomic E-state index is 0.260. The monoisotopic (exact) mass is 341 g/mol. The molecule has 1 aromatic carbocycles. The number of rotatable bonds is 6. The molecule has 3 aromatic rings. The largest absolute Gasteiger partial charge is 0.367 e. The predicted octanol–water partition coefficient (Wildman–Crippen LogP) is 1.92. The molecule has 1 N–H and O–H groups in total. The second-order valence-corrected chi connectivity index (χ2v) is 6.21. The van der Waals surface area contributed by atoms with Crippen LogP contribution in [-0.4, -0.2) is 56.0 Å². The number of aromatic nitrogens is 5. The Hall–Kier alpha value is -2.61. The fourth-order valence-corrected chi connectivity index (χ4v) is 3.15. The number of nitrogens with zero attached hydrogens (tertiary/aromatic N) is 6. The first-order chi connectivity index (χ1) is 12.3. The molecule has 130 valence electrons. The van der Waals surface area contributed by atoms with Gasteiger partial charge < -0.3 is 10.2 Å². The molecular weight excluding hydrogens is 321 g/mol. The molecule has 0 atom stereocenters. The number of likely N-dealkylation sites (tertiary alicyclic amines) is 1. The van der Waals surface area contributed by atoms with Crippen molar-refractivity contribution in [1.82, 2.24) is 29.9 Å². The van der Waals surface area contributed by atoms with Gasteiger partial charge in [0.1, 0.15) is 12.1 Å². The maximum absolute atomic E-state index is 13.9. The van der Waals surface area contributed by atoms with Crippen LogP contribution in [0.2, 0.25) is 0 Å². The first-order valence-electron chi connectivity index (χ1n) is 8.55. The lowest BCUT2D eigenvalue weighted by molar-refractivity contribution is 0.352. The van der Waals surface area contributed by atoms with Gasteiger partial charge in [-0.3, -0.25) is 0 Å². The maximum atomic E-state index is 13.9. The number of halogens is 1. The Morgan fingerprint density at radius 1 is 1.12 bits per heavy atom. The Morgan fingerprint density at radius 3 is 2.80 bits per heavy atom. The molecule has 1 saturated heterocycles. The zero-order valence-electron chi connectivity index (χ0n) is 13.9. The van der Waals surface area contributed by atoms with E-state index in [9.17, 15) is 4.39 Å². The van der Waals surface area contributed by atoms with Crippen molar-refractivity contribution in [2.75, 3.05) is 31.5 Å². The summed E-state index contributed by atoms with van der Waals surface area (Å²) in [5, 5.41) is 11.6. The third kappa shape index (κ3) is 3.43. The Balaban J connectivity index is 1.50. The lowest BCUT2D eigenvalue weighted by Crippen LogP contribution is -2.26. The summed E-state index contributed by atoms with van der Waals surface area (Å²) in [6.45, 7) is 4.40. The van der Waals surface area contributed by atoms with Crippen molar-refractivity contribution in [2.45, 2.75) is 19.4 Å². The molecule has 0 amide bonds. The fourth-order valence-electron chi connectivity index (χ4n) is 3.15. The SMILES string of the molecule is Fc1ccccc1Cn1nnc2c(NCCN3CCCC3)ncnc21. The van der Waals surface area contributed by atoms with E-state index in [1.807, 2.05) is 0 Å². The van der Waals surface area contributed by atoms with Gasteiger partial charge >= 0.3 is 0 Å². The van der Waals surface area contributed by atoms with Crippen LogP contribution in [0.15, 0.2) is 30.6 Å². The zero-order valence-corrected chi connectivity index (χ0v) is 13.9. The van der Waals surface area contributed by atoms with Gasteiger partial charge in [0.15, 0.2) is 17.0 Å². The van der Waals surface area contributed by atoms with Gasteiger partial charge in [-0.25, -0.2) is 19.0 Å². The number of fused-ring (bicyclic) bond motifs is 1. The van der Waals surface area contributed by atoms with E-state index in [-0.39, 0.29) is 12.4 Å². The number of anilines is 1. The highest BCUT2D eigenvalue weighted by molar-refractivity contribution is 5.81. The summed E-state index contributed by atoms with van der Waals surface area (Å²) < 4.78 is 15.5. The lowest BCUT2D eigenvalue weighted by Gasteiger charge is -2.14. The molecule has 0 saturated carbocycles. The zero-order chi connectivity index (χ0) is 17.1. The molecule has 8 heteroatoms. The first-order valence-corrected chi connectivity index (χ1v) is 8.55. The highest BCUT2D eigenvalue weighted by atomic mass is 19.1. The van der Waals surface area contributed by atoms with Gasteiger partial charge in [0.25, 0.3) is 0 Å². The molecule has 0 aliphatic carbocycles. The van der Waals surface area contributed by atoms with Gasteiger partial charge in [-0.1, -0.05) is 23.4 Å². The van der Waals surface area contributed by atoms with Crippen molar-refractivity contribution < 1.29 is 4.39 Å². The van der Waals surface area contributed by atoms with E-state index in [1.165, 1.54) is 38.3 Å². The molecule has 2 aromatic heterocycles. The van der Waals surface area contributed by atoms with E-state index >= 15 is 0 Å². The summed E-state index contributed by atoms with van der Waals surface area (Å²) >= 11 is 0. The van der Waals surface area contributed by atoms with Crippen molar-refractivity contribution in [3.63, 3.8) is 0 Å². The summed E-state index contributed by atoms with van der Waals surface area (Å²) in [6, 6.07) is 6.65. The summed E-state index contributed by atoms with van der Waals surface area (Å²) in [5.74, 6) is 0.410. The molecule has 3 heterocycles. The highest BCUT2D eigenvalue weighted by Crippen LogP contribution is 2.17. The molecule has 25 heavy (non-hydrogen) atoms. The first kappa shape index (κ1) is 15.9. The van der Waals surface area contributed by atoms with Crippen molar-refractivity contribution in [2.24, 2.45) is 0 Å². The molecule has 1 aliphatic rings. The average Bonchev–Trinajstić information content (AvgIpc) is 3.28. The van der Waals surface area contributed by atoms with Crippen LogP contribution in [0, 0.1) is 5.82 Å². The van der Waals surface area contributed by atoms with Gasteiger partial charge in [-0.15, -0.1) is 5.10 Å². The molecule has 0 radical (unpaired) electrons. The van der Waals surface area contributed by atoms with Crippen LogP contribution in [0.4, 0.5) is 10.2 Å². The van der Waals surface area contributed by atoms with Crippen molar-refractivity contribution in [3.8, 4) is 0 Å². The lowest BCUT2D eigenvalue weighted by atomic mass is 10.2. The van der Waals surface area contributed by atoms with Crippen molar-refractivity contribution >= 4 is 17.0 Å². The standard InChI is InChI=1S/C17H20FN7/c18-14-6-2-1-5-13(14)11-25-17-15(22-23-25)16(20-12-21-17)19-7-10-24-8-3-4-9-24/h1-2,5-6,12H,3-4,7-11H2,(H,19,20,21). The summed E-state index contributed by atoms with van der Waals surface area (Å²) in [4.78, 5) is 11.0. The highest BCUT2D eigenvalue weighted by Gasteiger charge is 2.14. The Morgan fingerprint density at radius 2 is 1.96 bits per heavy atom. The van der Waals surface area contributed by atoms with Gasteiger partial charge in [0.2, 0.25) is 0 Å². The minimum Gasteiger partial charge on any atom is -0.367 e. The third-order valence-electron chi connectivity index (χ3n) is 4.50. The molecule has 1 aliphatic heterocycles. The molecule has 7 nitrogen and oxygen atoms in total. The summed E-state index contributed by atoms with van der Waals surface area (Å²) in [5.41, 5.74) is 1.76. The predicted molar refractivity (Wildman–Crippen MR) is 92.8 cm³/mol. The maximum Gasteiger partial charge on any atom is 0.184 e. The van der Waals surface area contributed by atoms with E-state index in [2.05, 4.69) is 30.5 Å². The fraction of sp³-hybridized carbons (Fsp3) is 0.412. The molecule has 0 bridgehead atoms. The van der Waals surface area contributed by atoms with Crippen molar-refractivity contribution in [1.29, 1.82) is 0 Å². The van der Waals surface area contributed by atoms with Gasteiger partial charge in [0, 0.05) is 18.7 Å². The molecular formula is C17H20FN7. The third-order valence-corrected chi connectivity index (χ3v) is 4.50. The van der Waals surface area contributed by atoms with Gasteiger partial charge in [-0.05, 0) is 32.0 Å². The van der Waals surface area contributed by atoms with E-state index in [4.69, 9.17) is 0 Å². The Labute approximate surface area is 144 Å². The van der Waals surface area contributed by atoms with Crippen LogP contribution >= 0.6 is 0 Å². The summed E-state index contributed by atoms with van der Waals surface area (Å²) in [6.07, 6.45) is 4.05. The van der Waals surface area contributed by atoms with Crippen molar-refractivity contribution in [3.05, 3.63) is 42.0 Å². The van der Waals surface area contributed by atoms with Crippen LogP contribution < -0.4 is 5.32 Å². The minimum atomic E-state index is -0.260. The number of nitrogens with one attached hydrogen (secondary N) is 1. The van der Waals surface area contributed by atoms with Crippen LogP contribution in [-0.2, 0) is 6.54 Å². The molecule has 4 rings (SSSR count). The summed E-state index contributed by atoms with van der Waals surface area (Å²) in [7, 11) is 0. The number of benzene rings is 1. The molecule has 1 fully saturated rings. The topological polar surface area (TPSA) is 71.8 Å². The second kappa shape index (κ2) is 7.10. The number of hydrogen-bond donors (Lipinski definition) is 1. The Kier molecular flexibility index (Phi) is 4.51. The van der Waals surface area contributed by atoms with Crippen LogP contribution in [0.5, 0.6) is 0 Å². The average molecular weight is 341 g/mol. The second-order valence-electron chi connectivity index (χ2n) is 6.21. The normalized spacial score (nSPS) is 15.1. The number of hydrogen-bond acceptors (Lipinski definition) is 6. The van der Waals surface area contributed by atoms with E-state index in [1.54, 1.807) is 22.9 Å². The molecule has 0 unspecified atom stereocenters. The Bertz CT molecular complexity index is 857. The van der Waals surface area contributed by atoms with E-state index < -0.39 is 0 Å². The van der Waals surface area contributed by atoms with E-state index in [0.29, 0.717) is 22.5 Å². The van der Waals surface area contributed by atoms with Crippen LogP contribution in [0.25, 0.3) is 11.2 Å². The quantitative estimate of drug-likeness (QED) is 0.738. The van der Waals surface area contributed by atoms with Gasteiger partial charge in [-0.2, -0.15) is 0 Å². The van der Waals surface area contributed by atoms with Gasteiger partial charge in [0.05, 0.1) is 6.54 Å². The smallest absolute Gasteiger partial charge is 0.184 e. The van der Waals surface area contributed by atoms with E-state index in [0.717, 1.165) is 13.1 Å². The molecule has 0 spiro atoms.